The van der Waals surface area contributed by atoms with Gasteiger partial charge in [-0.3, -0.25) is 9.59 Å². The van der Waals surface area contributed by atoms with E-state index in [2.05, 4.69) is 21.2 Å². The monoisotopic (exact) mass is 449 g/mol. The van der Waals surface area contributed by atoms with Gasteiger partial charge in [0.25, 0.3) is 5.91 Å². The number of carbonyl (C=O) groups excluding carboxylic acids is 3. The fourth-order valence-electron chi connectivity index (χ4n) is 2.27. The highest BCUT2D eigenvalue weighted by Gasteiger charge is 2.13. The van der Waals surface area contributed by atoms with Crippen molar-refractivity contribution in [3.05, 3.63) is 52.0 Å². The molecule has 0 saturated heterocycles. The van der Waals surface area contributed by atoms with Gasteiger partial charge in [0.15, 0.2) is 24.4 Å². The molecular weight excluding hydrogens is 430 g/mol. The van der Waals surface area contributed by atoms with Gasteiger partial charge in [-0.25, -0.2) is 4.79 Å². The number of halogens is 1. The van der Waals surface area contributed by atoms with Gasteiger partial charge in [0, 0.05) is 15.7 Å². The smallest absolute Gasteiger partial charge is 0.338 e. The summed E-state index contributed by atoms with van der Waals surface area (Å²) >= 11 is 3.28. The number of anilines is 1. The molecule has 8 heteroatoms. The summed E-state index contributed by atoms with van der Waals surface area (Å²) in [6.07, 6.45) is 0.697. The Labute approximate surface area is 171 Å². The zero-order chi connectivity index (χ0) is 20.5. The number of nitrogens with one attached hydrogen (secondary N) is 1. The number of amides is 1. The van der Waals surface area contributed by atoms with Gasteiger partial charge in [-0.2, -0.15) is 0 Å². The molecule has 1 amide bonds. The van der Waals surface area contributed by atoms with Gasteiger partial charge in [-0.15, -0.1) is 0 Å². The van der Waals surface area contributed by atoms with E-state index < -0.39 is 5.97 Å². The summed E-state index contributed by atoms with van der Waals surface area (Å²) < 4.78 is 16.4. The lowest BCUT2D eigenvalue weighted by Gasteiger charge is -2.13. The van der Waals surface area contributed by atoms with E-state index >= 15 is 0 Å². The Hall–Kier alpha value is -2.87. The van der Waals surface area contributed by atoms with E-state index in [0.29, 0.717) is 52.3 Å². The largest absolute Gasteiger partial charge is 0.490 e. The summed E-state index contributed by atoms with van der Waals surface area (Å²) in [5.74, 6) is -0.0926. The second-order valence-electron chi connectivity index (χ2n) is 5.51. The number of rotatable bonds is 9. The van der Waals surface area contributed by atoms with Crippen LogP contribution in [-0.4, -0.2) is 38.0 Å². The molecule has 1 N–H and O–H groups in total. The van der Waals surface area contributed by atoms with Crippen molar-refractivity contribution in [3.8, 4) is 11.5 Å². The van der Waals surface area contributed by atoms with Gasteiger partial charge in [0.1, 0.15) is 0 Å². The van der Waals surface area contributed by atoms with Crippen LogP contribution in [-0.2, 0) is 9.53 Å². The Kier molecular flexibility index (Phi) is 8.01. The third-order valence-electron chi connectivity index (χ3n) is 3.53. The third-order valence-corrected chi connectivity index (χ3v) is 4.22. The Bertz CT molecular complexity index is 851. The Morgan fingerprint density at radius 2 is 1.71 bits per heavy atom. The molecule has 0 bridgehead atoms. The van der Waals surface area contributed by atoms with Crippen molar-refractivity contribution in [2.75, 3.05) is 25.1 Å². The molecule has 0 aromatic heterocycles. The highest BCUT2D eigenvalue weighted by atomic mass is 79.9. The number of ether oxygens (including phenoxy) is 3. The molecule has 0 heterocycles. The van der Waals surface area contributed by atoms with Crippen LogP contribution in [0.2, 0.25) is 0 Å². The first-order chi connectivity index (χ1) is 13.5. The fourth-order valence-corrected chi connectivity index (χ4v) is 2.68. The predicted octanol–water partition coefficient (Wildman–Crippen LogP) is 3.85. The summed E-state index contributed by atoms with van der Waals surface area (Å²) in [6.45, 7) is 3.96. The van der Waals surface area contributed by atoms with E-state index in [9.17, 15) is 14.4 Å². The Morgan fingerprint density at radius 1 is 1.04 bits per heavy atom. The molecule has 0 aliphatic rings. The average Bonchev–Trinajstić information content (AvgIpc) is 2.68. The van der Waals surface area contributed by atoms with Crippen LogP contribution in [0.1, 0.15) is 34.6 Å². The van der Waals surface area contributed by atoms with Crippen LogP contribution in [0.25, 0.3) is 0 Å². The maximum atomic E-state index is 12.1. The molecule has 0 aliphatic heterocycles. The summed E-state index contributed by atoms with van der Waals surface area (Å²) in [5.41, 5.74) is 1.34. The summed E-state index contributed by atoms with van der Waals surface area (Å²) in [6, 6.07) is 9.46. The number of benzene rings is 2. The fraction of sp³-hybridized carbons (Fsp3) is 0.250. The third kappa shape index (κ3) is 5.82. The van der Waals surface area contributed by atoms with Gasteiger partial charge in [-0.05, 0) is 66.2 Å². The normalized spacial score (nSPS) is 10.1. The minimum absolute atomic E-state index is 0.257. The molecule has 28 heavy (non-hydrogen) atoms. The highest BCUT2D eigenvalue weighted by Crippen LogP contribution is 2.33. The minimum atomic E-state index is -0.420. The van der Waals surface area contributed by atoms with Crippen LogP contribution in [0.3, 0.4) is 0 Å². The van der Waals surface area contributed by atoms with Gasteiger partial charge in [-0.1, -0.05) is 0 Å². The minimum Gasteiger partial charge on any atom is -0.490 e. The molecule has 0 fully saturated rings. The van der Waals surface area contributed by atoms with E-state index in [1.54, 1.807) is 50.2 Å². The molecule has 2 rings (SSSR count). The molecule has 0 aliphatic carbocycles. The molecule has 0 spiro atoms. The molecule has 2 aromatic rings. The molecular formula is C20H20BrNO6. The standard InChI is InChI=1S/C20H20BrNO6/c1-3-26-17-9-14(11-23)16(21)10-18(17)28-12-19(24)22-15-7-5-13(6-8-15)20(25)27-4-2/h5-11H,3-4,12H2,1-2H3,(H,22,24). The van der Waals surface area contributed by atoms with Gasteiger partial charge >= 0.3 is 5.97 Å². The van der Waals surface area contributed by atoms with Crippen LogP contribution >= 0.6 is 15.9 Å². The van der Waals surface area contributed by atoms with Crippen molar-refractivity contribution >= 4 is 39.8 Å². The van der Waals surface area contributed by atoms with Gasteiger partial charge in [0.05, 0.1) is 18.8 Å². The van der Waals surface area contributed by atoms with Crippen molar-refractivity contribution in [3.63, 3.8) is 0 Å². The van der Waals surface area contributed by atoms with E-state index in [4.69, 9.17) is 14.2 Å². The average molecular weight is 450 g/mol. The van der Waals surface area contributed by atoms with Gasteiger partial charge in [0.2, 0.25) is 0 Å². The van der Waals surface area contributed by atoms with E-state index in [0.717, 1.165) is 0 Å². The first-order valence-electron chi connectivity index (χ1n) is 8.59. The number of carbonyl (C=O) groups is 3. The Balaban J connectivity index is 1.99. The lowest BCUT2D eigenvalue weighted by Crippen LogP contribution is -2.20. The molecule has 7 nitrogen and oxygen atoms in total. The van der Waals surface area contributed by atoms with E-state index in [1.165, 1.54) is 0 Å². The van der Waals surface area contributed by atoms with Crippen molar-refractivity contribution < 1.29 is 28.6 Å². The highest BCUT2D eigenvalue weighted by molar-refractivity contribution is 9.10. The van der Waals surface area contributed by atoms with E-state index in [-0.39, 0.29) is 12.5 Å². The van der Waals surface area contributed by atoms with Crippen LogP contribution in [0.15, 0.2) is 40.9 Å². The number of aldehydes is 1. The quantitative estimate of drug-likeness (QED) is 0.461. The number of hydrogen-bond acceptors (Lipinski definition) is 6. The zero-order valence-corrected chi connectivity index (χ0v) is 17.1. The topological polar surface area (TPSA) is 90.9 Å². The molecule has 0 radical (unpaired) electrons. The van der Waals surface area contributed by atoms with Crippen molar-refractivity contribution in [2.45, 2.75) is 13.8 Å². The zero-order valence-electron chi connectivity index (χ0n) is 15.5. The molecule has 0 unspecified atom stereocenters. The molecule has 0 atom stereocenters. The van der Waals surface area contributed by atoms with Crippen molar-refractivity contribution in [1.82, 2.24) is 0 Å². The maximum Gasteiger partial charge on any atom is 0.338 e. The SMILES string of the molecule is CCOC(=O)c1ccc(NC(=O)COc2cc(Br)c(C=O)cc2OCC)cc1. The number of esters is 1. The number of hydrogen-bond donors (Lipinski definition) is 1. The van der Waals surface area contributed by atoms with Crippen molar-refractivity contribution in [2.24, 2.45) is 0 Å². The second-order valence-corrected chi connectivity index (χ2v) is 6.36. The molecule has 148 valence electrons. The molecule has 0 saturated carbocycles. The van der Waals surface area contributed by atoms with Crippen LogP contribution in [0, 0.1) is 0 Å². The molecule has 2 aromatic carbocycles. The Morgan fingerprint density at radius 3 is 2.32 bits per heavy atom. The first-order valence-corrected chi connectivity index (χ1v) is 9.39. The predicted molar refractivity (Wildman–Crippen MR) is 107 cm³/mol. The lowest BCUT2D eigenvalue weighted by atomic mass is 10.2. The van der Waals surface area contributed by atoms with Crippen LogP contribution < -0.4 is 14.8 Å². The summed E-state index contributed by atoms with van der Waals surface area (Å²) in [5, 5.41) is 2.67. The lowest BCUT2D eigenvalue weighted by molar-refractivity contribution is -0.118. The maximum absolute atomic E-state index is 12.1. The van der Waals surface area contributed by atoms with Crippen LogP contribution in [0.4, 0.5) is 5.69 Å². The second kappa shape index (κ2) is 10.5. The summed E-state index contributed by atoms with van der Waals surface area (Å²) in [4.78, 5) is 34.8. The van der Waals surface area contributed by atoms with Gasteiger partial charge < -0.3 is 19.5 Å². The summed E-state index contributed by atoms with van der Waals surface area (Å²) in [7, 11) is 0. The van der Waals surface area contributed by atoms with Crippen LogP contribution in [0.5, 0.6) is 11.5 Å². The van der Waals surface area contributed by atoms with E-state index in [1.807, 2.05) is 0 Å². The first kappa shape index (κ1) is 21.4. The van der Waals surface area contributed by atoms with Crippen molar-refractivity contribution in [1.29, 1.82) is 0 Å².